The van der Waals surface area contributed by atoms with Crippen molar-refractivity contribution in [2.24, 2.45) is 5.92 Å². The average molecular weight is 310 g/mol. The van der Waals surface area contributed by atoms with Crippen molar-refractivity contribution in [3.8, 4) is 23.1 Å². The number of nitrogens with zero attached hydrogens (tertiary/aromatic N) is 2. The molecule has 0 fully saturated rings. The molecule has 23 heavy (non-hydrogen) atoms. The number of aromatic nitrogens is 1. The van der Waals surface area contributed by atoms with E-state index < -0.39 is 0 Å². The van der Waals surface area contributed by atoms with Gasteiger partial charge < -0.3 is 9.30 Å². The lowest BCUT2D eigenvalue weighted by atomic mass is 10.1. The maximum absolute atomic E-state index is 12.7. The summed E-state index contributed by atoms with van der Waals surface area (Å²) in [5, 5.41) is 8.90. The Hall–Kier alpha value is -2.54. The van der Waals surface area contributed by atoms with E-state index in [1.807, 2.05) is 37.3 Å². The first kappa shape index (κ1) is 16.8. The zero-order valence-electron chi connectivity index (χ0n) is 13.9. The molecule has 4 nitrogen and oxygen atoms in total. The fourth-order valence-electron chi connectivity index (χ4n) is 2.58. The van der Waals surface area contributed by atoms with Crippen molar-refractivity contribution in [1.82, 2.24) is 4.57 Å². The molecule has 2 rings (SSSR count). The third-order valence-corrected chi connectivity index (χ3v) is 3.53. The van der Waals surface area contributed by atoms with Gasteiger partial charge in [-0.3, -0.25) is 4.79 Å². The fourth-order valence-corrected chi connectivity index (χ4v) is 2.58. The molecule has 120 valence electrons. The molecule has 0 atom stereocenters. The Labute approximate surface area is 137 Å². The highest BCUT2D eigenvalue weighted by Crippen LogP contribution is 2.29. The number of nitriles is 1. The Balaban J connectivity index is 2.65. The van der Waals surface area contributed by atoms with Crippen LogP contribution in [0.3, 0.4) is 0 Å². The van der Waals surface area contributed by atoms with Crippen LogP contribution in [0.1, 0.15) is 26.3 Å². The van der Waals surface area contributed by atoms with E-state index in [-0.39, 0.29) is 12.0 Å². The Morgan fingerprint density at radius 2 is 1.96 bits per heavy atom. The van der Waals surface area contributed by atoms with Gasteiger partial charge in [-0.15, -0.1) is 0 Å². The highest BCUT2D eigenvalue weighted by Gasteiger charge is 2.14. The van der Waals surface area contributed by atoms with Gasteiger partial charge in [0.25, 0.3) is 5.56 Å². The summed E-state index contributed by atoms with van der Waals surface area (Å²) in [5.74, 6) is 1.09. The lowest BCUT2D eigenvalue weighted by molar-refractivity contribution is 0.341. The molecule has 0 radical (unpaired) electrons. The highest BCUT2D eigenvalue weighted by atomic mass is 16.5. The smallest absolute Gasteiger partial charge is 0.255 e. The van der Waals surface area contributed by atoms with E-state index >= 15 is 0 Å². The van der Waals surface area contributed by atoms with Gasteiger partial charge in [0.15, 0.2) is 0 Å². The van der Waals surface area contributed by atoms with Crippen LogP contribution in [-0.4, -0.2) is 11.2 Å². The van der Waals surface area contributed by atoms with Crippen molar-refractivity contribution in [3.63, 3.8) is 0 Å². The van der Waals surface area contributed by atoms with Crippen LogP contribution in [0.15, 0.2) is 41.2 Å². The van der Waals surface area contributed by atoms with Crippen molar-refractivity contribution in [1.29, 1.82) is 5.26 Å². The second-order valence-electron chi connectivity index (χ2n) is 5.82. The van der Waals surface area contributed by atoms with Gasteiger partial charge in [0, 0.05) is 17.7 Å². The summed E-state index contributed by atoms with van der Waals surface area (Å²) in [5.41, 5.74) is 2.17. The molecule has 0 aliphatic rings. The molecule has 1 aromatic carbocycles. The van der Waals surface area contributed by atoms with Gasteiger partial charge >= 0.3 is 0 Å². The lowest BCUT2D eigenvalue weighted by Crippen LogP contribution is -2.27. The van der Waals surface area contributed by atoms with E-state index in [2.05, 4.69) is 19.9 Å². The van der Waals surface area contributed by atoms with Crippen LogP contribution < -0.4 is 10.3 Å². The number of para-hydroxylation sites is 1. The molecule has 1 aromatic heterocycles. The Bertz CT molecular complexity index is 770. The molecule has 0 N–H and O–H groups in total. The molecule has 4 heteroatoms. The number of hydrogen-bond acceptors (Lipinski definition) is 3. The van der Waals surface area contributed by atoms with Gasteiger partial charge in [0.1, 0.15) is 5.75 Å². The standard InChI is InChI=1S/C19H22N2O2/c1-4-23-18-8-6-5-7-16(18)17-10-9-15(11-12-20)19(22)21(17)13-14(2)3/h5-10,14H,4,11,13H2,1-3H3. The molecule has 0 saturated heterocycles. The third-order valence-electron chi connectivity index (χ3n) is 3.53. The minimum Gasteiger partial charge on any atom is -0.493 e. The number of pyridine rings is 1. The van der Waals surface area contributed by atoms with Gasteiger partial charge in [-0.05, 0) is 31.0 Å². The monoisotopic (exact) mass is 310 g/mol. The van der Waals surface area contributed by atoms with Gasteiger partial charge in [-0.25, -0.2) is 0 Å². The van der Waals surface area contributed by atoms with E-state index in [1.54, 1.807) is 10.6 Å². The number of ether oxygens (including phenoxy) is 1. The van der Waals surface area contributed by atoms with Crippen molar-refractivity contribution in [3.05, 3.63) is 52.3 Å². The summed E-state index contributed by atoms with van der Waals surface area (Å²) in [6, 6.07) is 13.4. The summed E-state index contributed by atoms with van der Waals surface area (Å²) in [6.07, 6.45) is 0.129. The van der Waals surface area contributed by atoms with Crippen LogP contribution in [0.25, 0.3) is 11.3 Å². The molecule has 2 aromatic rings. The summed E-state index contributed by atoms with van der Waals surface area (Å²) >= 11 is 0. The number of hydrogen-bond donors (Lipinski definition) is 0. The molecule has 0 spiro atoms. The first-order valence-corrected chi connectivity index (χ1v) is 7.90. The van der Waals surface area contributed by atoms with E-state index in [1.165, 1.54) is 0 Å². The second kappa shape index (κ2) is 7.64. The molecule has 0 amide bonds. The molecule has 0 aliphatic carbocycles. The topological polar surface area (TPSA) is 55.0 Å². The molecule has 0 saturated carbocycles. The van der Waals surface area contributed by atoms with Gasteiger partial charge in [0.05, 0.1) is 24.8 Å². The van der Waals surface area contributed by atoms with Crippen molar-refractivity contribution < 1.29 is 4.74 Å². The van der Waals surface area contributed by atoms with Crippen LogP contribution in [0.5, 0.6) is 5.75 Å². The molecule has 0 bridgehead atoms. The lowest BCUT2D eigenvalue weighted by Gasteiger charge is -2.18. The minimum atomic E-state index is -0.0935. The second-order valence-corrected chi connectivity index (χ2v) is 5.82. The van der Waals surface area contributed by atoms with Gasteiger partial charge in [-0.2, -0.15) is 5.26 Å². The molecular weight excluding hydrogens is 288 g/mol. The number of benzene rings is 1. The maximum Gasteiger partial charge on any atom is 0.255 e. The van der Waals surface area contributed by atoms with Crippen molar-refractivity contribution in [2.75, 3.05) is 6.61 Å². The maximum atomic E-state index is 12.7. The van der Waals surface area contributed by atoms with E-state index in [0.29, 0.717) is 24.6 Å². The van der Waals surface area contributed by atoms with Crippen LogP contribution in [0, 0.1) is 17.2 Å². The average Bonchev–Trinajstić information content (AvgIpc) is 2.52. The fraction of sp³-hybridized carbons (Fsp3) is 0.368. The summed E-state index contributed by atoms with van der Waals surface area (Å²) in [6.45, 7) is 7.25. The zero-order valence-corrected chi connectivity index (χ0v) is 13.9. The summed E-state index contributed by atoms with van der Waals surface area (Å²) in [7, 11) is 0. The molecular formula is C19H22N2O2. The zero-order chi connectivity index (χ0) is 16.8. The quantitative estimate of drug-likeness (QED) is 0.818. The largest absolute Gasteiger partial charge is 0.493 e. The van der Waals surface area contributed by atoms with Crippen molar-refractivity contribution in [2.45, 2.75) is 33.7 Å². The summed E-state index contributed by atoms with van der Waals surface area (Å²) < 4.78 is 7.46. The van der Waals surface area contributed by atoms with E-state index in [0.717, 1.165) is 17.0 Å². The van der Waals surface area contributed by atoms with Gasteiger partial charge in [-0.1, -0.05) is 32.0 Å². The first-order valence-electron chi connectivity index (χ1n) is 7.90. The van der Waals surface area contributed by atoms with Crippen LogP contribution in [0.4, 0.5) is 0 Å². The number of rotatable bonds is 6. The van der Waals surface area contributed by atoms with Crippen LogP contribution >= 0.6 is 0 Å². The molecule has 1 heterocycles. The molecule has 0 aliphatic heterocycles. The van der Waals surface area contributed by atoms with E-state index in [4.69, 9.17) is 10.00 Å². The van der Waals surface area contributed by atoms with Crippen molar-refractivity contribution >= 4 is 0 Å². The Morgan fingerprint density at radius 3 is 2.61 bits per heavy atom. The normalized spacial score (nSPS) is 10.6. The predicted octanol–water partition coefficient (Wildman–Crippen LogP) is 3.64. The van der Waals surface area contributed by atoms with Crippen LogP contribution in [0.2, 0.25) is 0 Å². The third kappa shape index (κ3) is 3.81. The SMILES string of the molecule is CCOc1ccccc1-c1ccc(CC#N)c(=O)n1CC(C)C. The van der Waals surface area contributed by atoms with E-state index in [9.17, 15) is 4.79 Å². The Morgan fingerprint density at radius 1 is 1.22 bits per heavy atom. The molecule has 0 unspecified atom stereocenters. The summed E-state index contributed by atoms with van der Waals surface area (Å²) in [4.78, 5) is 12.7. The predicted molar refractivity (Wildman–Crippen MR) is 91.5 cm³/mol. The van der Waals surface area contributed by atoms with Crippen LogP contribution in [-0.2, 0) is 13.0 Å². The Kier molecular flexibility index (Phi) is 5.59. The highest BCUT2D eigenvalue weighted by molar-refractivity contribution is 5.67. The van der Waals surface area contributed by atoms with Gasteiger partial charge in [0.2, 0.25) is 0 Å². The first-order chi connectivity index (χ1) is 11.1. The minimum absolute atomic E-state index is 0.0935.